The minimum absolute atomic E-state index is 0.0792. The summed E-state index contributed by atoms with van der Waals surface area (Å²) in [6.45, 7) is 10.7. The van der Waals surface area contributed by atoms with Gasteiger partial charge in [-0.3, -0.25) is 4.79 Å². The van der Waals surface area contributed by atoms with Gasteiger partial charge in [0.05, 0.1) is 11.3 Å². The van der Waals surface area contributed by atoms with Crippen molar-refractivity contribution in [2.75, 3.05) is 6.54 Å². The second-order valence-electron chi connectivity index (χ2n) is 5.86. The fraction of sp³-hybridized carbons (Fsp3) is 0.529. The SMILES string of the molecule is Cc1c(C)c(C)c(S(=O)(=O)NCCC(=O)O[C@H](C)C#N)c(C)c1C. The molecule has 1 N–H and O–H groups in total. The molecule has 1 rings (SSSR count). The minimum Gasteiger partial charge on any atom is -0.447 e. The molecule has 0 amide bonds. The number of sulfonamides is 1. The van der Waals surface area contributed by atoms with Crippen molar-refractivity contribution in [3.63, 3.8) is 0 Å². The van der Waals surface area contributed by atoms with Crippen LogP contribution in [-0.4, -0.2) is 27.0 Å². The molecule has 1 atom stereocenters. The zero-order valence-electron chi connectivity index (χ0n) is 15.0. The second-order valence-corrected chi connectivity index (χ2v) is 7.57. The minimum atomic E-state index is -3.74. The number of nitrogens with one attached hydrogen (secondary N) is 1. The Bertz CT molecular complexity index is 763. The average Bonchev–Trinajstić information content (AvgIpc) is 2.50. The van der Waals surface area contributed by atoms with Crippen LogP contribution < -0.4 is 4.72 Å². The lowest BCUT2D eigenvalue weighted by molar-refractivity contribution is -0.145. The Morgan fingerprint density at radius 3 is 2.00 bits per heavy atom. The van der Waals surface area contributed by atoms with Crippen molar-refractivity contribution in [1.29, 1.82) is 5.26 Å². The van der Waals surface area contributed by atoms with Crippen molar-refractivity contribution in [2.45, 2.75) is 59.0 Å². The van der Waals surface area contributed by atoms with Crippen LogP contribution in [0.25, 0.3) is 0 Å². The molecule has 0 aromatic heterocycles. The van der Waals surface area contributed by atoms with Crippen molar-refractivity contribution in [3.8, 4) is 6.07 Å². The monoisotopic (exact) mass is 352 g/mol. The van der Waals surface area contributed by atoms with Crippen molar-refractivity contribution >= 4 is 16.0 Å². The van der Waals surface area contributed by atoms with E-state index >= 15 is 0 Å². The Kier molecular flexibility index (Phi) is 6.52. The predicted molar refractivity (Wildman–Crippen MR) is 91.1 cm³/mol. The third-order valence-corrected chi connectivity index (χ3v) is 6.05. The number of esters is 1. The summed E-state index contributed by atoms with van der Waals surface area (Å²) in [6.07, 6.45) is -0.978. The molecule has 0 aliphatic heterocycles. The van der Waals surface area contributed by atoms with Crippen LogP contribution in [0.15, 0.2) is 4.90 Å². The van der Waals surface area contributed by atoms with Crippen LogP contribution in [-0.2, 0) is 19.6 Å². The summed E-state index contributed by atoms with van der Waals surface area (Å²) in [5.41, 5.74) is 4.40. The quantitative estimate of drug-likeness (QED) is 0.793. The first kappa shape index (κ1) is 20.1. The summed E-state index contributed by atoms with van der Waals surface area (Å²) >= 11 is 0. The highest BCUT2D eigenvalue weighted by atomic mass is 32.2. The van der Waals surface area contributed by atoms with Crippen molar-refractivity contribution in [1.82, 2.24) is 4.72 Å². The van der Waals surface area contributed by atoms with Crippen LogP contribution in [0, 0.1) is 45.9 Å². The van der Waals surface area contributed by atoms with E-state index in [1.165, 1.54) is 6.92 Å². The van der Waals surface area contributed by atoms with Crippen LogP contribution in [0.4, 0.5) is 0 Å². The van der Waals surface area contributed by atoms with Crippen molar-refractivity contribution in [3.05, 3.63) is 27.8 Å². The van der Waals surface area contributed by atoms with E-state index in [2.05, 4.69) is 4.72 Å². The van der Waals surface area contributed by atoms with Crippen molar-refractivity contribution < 1.29 is 17.9 Å². The molecule has 132 valence electrons. The van der Waals surface area contributed by atoms with Gasteiger partial charge in [-0.25, -0.2) is 13.1 Å². The Hall–Kier alpha value is -1.91. The molecule has 0 unspecified atom stereocenters. The summed E-state index contributed by atoms with van der Waals surface area (Å²) < 4.78 is 32.5. The van der Waals surface area contributed by atoms with Crippen LogP contribution in [0.3, 0.4) is 0 Å². The Balaban J connectivity index is 2.96. The maximum atomic E-state index is 12.6. The fourth-order valence-electron chi connectivity index (χ4n) is 2.51. The largest absolute Gasteiger partial charge is 0.447 e. The second kappa shape index (κ2) is 7.77. The first-order valence-corrected chi connectivity index (χ1v) is 9.17. The molecule has 0 saturated heterocycles. The van der Waals surface area contributed by atoms with E-state index in [-0.39, 0.29) is 17.9 Å². The molecule has 0 fully saturated rings. The van der Waals surface area contributed by atoms with E-state index in [0.717, 1.165) is 16.7 Å². The number of rotatable bonds is 6. The molecule has 0 aliphatic rings. The van der Waals surface area contributed by atoms with Gasteiger partial charge in [0.1, 0.15) is 6.07 Å². The normalized spacial score (nSPS) is 12.5. The van der Waals surface area contributed by atoms with Crippen LogP contribution >= 0.6 is 0 Å². The molecule has 7 heteroatoms. The maximum Gasteiger partial charge on any atom is 0.308 e. The number of ether oxygens (including phenoxy) is 1. The number of nitriles is 1. The van der Waals surface area contributed by atoms with Crippen LogP contribution in [0.1, 0.15) is 41.2 Å². The average molecular weight is 352 g/mol. The highest BCUT2D eigenvalue weighted by Crippen LogP contribution is 2.29. The lowest BCUT2D eigenvalue weighted by Crippen LogP contribution is -2.29. The van der Waals surface area contributed by atoms with E-state index < -0.39 is 22.1 Å². The number of benzene rings is 1. The summed E-state index contributed by atoms with van der Waals surface area (Å²) in [7, 11) is -3.74. The smallest absolute Gasteiger partial charge is 0.308 e. The molecule has 0 spiro atoms. The molecule has 0 heterocycles. The van der Waals surface area contributed by atoms with E-state index in [4.69, 9.17) is 10.00 Å². The van der Waals surface area contributed by atoms with Gasteiger partial charge in [-0.1, -0.05) is 0 Å². The van der Waals surface area contributed by atoms with E-state index in [1.54, 1.807) is 19.9 Å². The molecular formula is C17H24N2O4S. The molecule has 0 aliphatic carbocycles. The first-order valence-electron chi connectivity index (χ1n) is 7.68. The van der Waals surface area contributed by atoms with Crippen molar-refractivity contribution in [2.24, 2.45) is 0 Å². The van der Waals surface area contributed by atoms with Gasteiger partial charge < -0.3 is 4.74 Å². The molecular weight excluding hydrogens is 328 g/mol. The number of nitrogens with zero attached hydrogens (tertiary/aromatic N) is 1. The maximum absolute atomic E-state index is 12.6. The zero-order chi connectivity index (χ0) is 18.7. The summed E-state index contributed by atoms with van der Waals surface area (Å²) in [6, 6.07) is 1.78. The fourth-order valence-corrected chi connectivity index (χ4v) is 4.14. The molecule has 0 saturated carbocycles. The predicted octanol–water partition coefficient (Wildman–Crippen LogP) is 2.35. The van der Waals surface area contributed by atoms with E-state index in [1.807, 2.05) is 20.8 Å². The Morgan fingerprint density at radius 1 is 1.08 bits per heavy atom. The van der Waals surface area contributed by atoms with Gasteiger partial charge >= 0.3 is 5.97 Å². The van der Waals surface area contributed by atoms with E-state index in [9.17, 15) is 13.2 Å². The lowest BCUT2D eigenvalue weighted by Gasteiger charge is -2.19. The molecule has 6 nitrogen and oxygen atoms in total. The first-order chi connectivity index (χ1) is 11.0. The molecule has 0 radical (unpaired) electrons. The van der Waals surface area contributed by atoms with Gasteiger partial charge in [-0.05, 0) is 69.4 Å². The molecule has 1 aromatic carbocycles. The van der Waals surface area contributed by atoms with Gasteiger partial charge in [0.2, 0.25) is 10.0 Å². The zero-order valence-corrected chi connectivity index (χ0v) is 15.8. The third-order valence-electron chi connectivity index (χ3n) is 4.31. The number of carbonyl (C=O) groups excluding carboxylic acids is 1. The molecule has 0 bridgehead atoms. The van der Waals surface area contributed by atoms with Gasteiger partial charge in [0.15, 0.2) is 6.10 Å². The standard InChI is InChI=1S/C17H24N2O4S/c1-10(9-18)23-16(20)7-8-19-24(21,22)17-14(5)12(3)11(2)13(4)15(17)6/h10,19H,7-8H2,1-6H3/t10-/m1/s1. The van der Waals surface area contributed by atoms with Crippen LogP contribution in [0.2, 0.25) is 0 Å². The van der Waals surface area contributed by atoms with Gasteiger partial charge in [0, 0.05) is 6.54 Å². The van der Waals surface area contributed by atoms with Gasteiger partial charge in [-0.15, -0.1) is 0 Å². The number of carbonyl (C=O) groups is 1. The van der Waals surface area contributed by atoms with Crippen LogP contribution in [0.5, 0.6) is 0 Å². The number of hydrogen-bond acceptors (Lipinski definition) is 5. The van der Waals surface area contributed by atoms with Gasteiger partial charge in [0.25, 0.3) is 0 Å². The summed E-state index contributed by atoms with van der Waals surface area (Å²) in [5, 5.41) is 8.58. The highest BCUT2D eigenvalue weighted by molar-refractivity contribution is 7.89. The highest BCUT2D eigenvalue weighted by Gasteiger charge is 2.23. The topological polar surface area (TPSA) is 96.3 Å². The lowest BCUT2D eigenvalue weighted by atomic mass is 9.95. The van der Waals surface area contributed by atoms with Gasteiger partial charge in [-0.2, -0.15) is 5.26 Å². The third kappa shape index (κ3) is 4.34. The summed E-state index contributed by atoms with van der Waals surface area (Å²) in [5.74, 6) is -0.614. The summed E-state index contributed by atoms with van der Waals surface area (Å²) in [4.78, 5) is 11.8. The number of hydrogen-bond donors (Lipinski definition) is 1. The van der Waals surface area contributed by atoms with E-state index in [0.29, 0.717) is 11.1 Å². The Morgan fingerprint density at radius 2 is 1.54 bits per heavy atom. The molecule has 24 heavy (non-hydrogen) atoms. The Labute approximate surface area is 143 Å². The molecule has 1 aromatic rings.